The van der Waals surface area contributed by atoms with Gasteiger partial charge in [-0.15, -0.1) is 0 Å². The van der Waals surface area contributed by atoms with Crippen LogP contribution >= 0.6 is 49.5 Å². The van der Waals surface area contributed by atoms with Crippen molar-refractivity contribution in [2.24, 2.45) is 0 Å². The van der Waals surface area contributed by atoms with Crippen LogP contribution in [0.15, 0.2) is 181 Å². The summed E-state index contributed by atoms with van der Waals surface area (Å²) in [6.07, 6.45) is 6.38. The molecule has 0 amide bonds. The number of aromatic hydroxyl groups is 3. The summed E-state index contributed by atoms with van der Waals surface area (Å²) in [4.78, 5) is 0. The van der Waals surface area contributed by atoms with Gasteiger partial charge in [0.05, 0.1) is 0 Å². The number of allylic oxidation sites excluding steroid dienone is 6. The maximum atomic E-state index is 13.2. The van der Waals surface area contributed by atoms with Crippen LogP contribution in [0.2, 0.25) is 0 Å². The molecule has 3 unspecified atom stereocenters. The van der Waals surface area contributed by atoms with E-state index in [0.29, 0.717) is 36.5 Å². The van der Waals surface area contributed by atoms with Gasteiger partial charge in [0.2, 0.25) is 0 Å². The van der Waals surface area contributed by atoms with E-state index < -0.39 is 49.5 Å². The second-order valence-corrected chi connectivity index (χ2v) is 20.2. The van der Waals surface area contributed by atoms with Crippen molar-refractivity contribution in [3.63, 3.8) is 0 Å². The predicted octanol–water partition coefficient (Wildman–Crippen LogP) is 17.6. The Morgan fingerprint density at radius 1 is 0.372 bits per heavy atom. The molecule has 0 aliphatic rings. The Balaban J connectivity index is 0.000000252. The van der Waals surface area contributed by atoms with Crippen LogP contribution in [0.1, 0.15) is 60.8 Å². The minimum Gasteiger partial charge on any atom is -0.508 e. The zero-order chi connectivity index (χ0) is 57.0. The van der Waals surface area contributed by atoms with Crippen LogP contribution in [0.3, 0.4) is 0 Å². The first-order valence-electron chi connectivity index (χ1n) is 23.1. The number of phenolic OH excluding ortho intramolecular Hbond substituents is 3. The van der Waals surface area contributed by atoms with E-state index in [0.717, 1.165) is 0 Å². The number of hydrogen-bond acceptors (Lipinski definition) is 21. The van der Waals surface area contributed by atoms with Gasteiger partial charge >= 0.3 is 49.5 Å². The molecule has 0 aliphatic carbocycles. The molecule has 6 aromatic carbocycles. The van der Waals surface area contributed by atoms with E-state index in [9.17, 15) is 42.7 Å². The molecule has 0 saturated carbocycles. The van der Waals surface area contributed by atoms with Gasteiger partial charge in [-0.05, 0) is 112 Å². The van der Waals surface area contributed by atoms with Gasteiger partial charge in [-0.1, -0.05) is 57.2 Å². The van der Waals surface area contributed by atoms with Crippen molar-refractivity contribution in [1.82, 2.24) is 0 Å². The van der Waals surface area contributed by atoms with Gasteiger partial charge in [0.15, 0.2) is 0 Å². The highest BCUT2D eigenvalue weighted by molar-refractivity contribution is 7.50. The molecule has 27 heteroatoms. The maximum absolute atomic E-state index is 13.2. The van der Waals surface area contributed by atoms with Crippen molar-refractivity contribution >= 4 is 49.5 Å². The molecule has 6 rings (SSSR count). The summed E-state index contributed by atoms with van der Waals surface area (Å²) in [5, 5.41) is 28.7. The second-order valence-electron chi connectivity index (χ2n) is 14.9. The molecule has 0 aromatic heterocycles. The molecular formula is C51H54O21P6. The monoisotopic (exact) mass is 1190 g/mol. The molecule has 0 aliphatic heterocycles. The molecule has 0 fully saturated rings. The summed E-state index contributed by atoms with van der Waals surface area (Å²) < 4.78 is 135. The van der Waals surface area contributed by atoms with E-state index in [-0.39, 0.29) is 69.0 Å². The first-order valence-corrected chi connectivity index (χ1v) is 29.7. The summed E-state index contributed by atoms with van der Waals surface area (Å²) in [5.74, 6) is 2.61. The van der Waals surface area contributed by atoms with Crippen molar-refractivity contribution in [2.45, 2.75) is 60.8 Å². The molecule has 3 atom stereocenters. The highest BCUT2D eigenvalue weighted by Gasteiger charge is 2.36. The lowest BCUT2D eigenvalue weighted by Crippen LogP contribution is -2.05. The maximum Gasteiger partial charge on any atom is 0.646 e. The van der Waals surface area contributed by atoms with E-state index in [1.165, 1.54) is 109 Å². The minimum absolute atomic E-state index is 0.0550. The van der Waals surface area contributed by atoms with Gasteiger partial charge in [0.25, 0.3) is 0 Å². The third kappa shape index (κ3) is 22.2. The lowest BCUT2D eigenvalue weighted by Gasteiger charge is -2.20. The summed E-state index contributed by atoms with van der Waals surface area (Å²) >= 11 is 0. The van der Waals surface area contributed by atoms with E-state index in [2.05, 4.69) is 0 Å². The number of hydrogen-bond donors (Lipinski definition) is 3. The summed E-state index contributed by atoms with van der Waals surface area (Å²) in [6, 6.07) is 35.5. The van der Waals surface area contributed by atoms with Crippen molar-refractivity contribution < 1.29 is 97.0 Å². The van der Waals surface area contributed by atoms with Crippen LogP contribution in [0, 0.1) is 0 Å². The van der Waals surface area contributed by atoms with Gasteiger partial charge in [-0.2, -0.15) is 13.7 Å². The predicted molar refractivity (Wildman–Crippen MR) is 290 cm³/mol. The van der Waals surface area contributed by atoms with Crippen LogP contribution in [-0.2, 0) is 41.0 Å². The molecule has 0 saturated heterocycles. The highest BCUT2D eigenvalue weighted by Crippen LogP contribution is 2.55. The van der Waals surface area contributed by atoms with Crippen molar-refractivity contribution in [3.8, 4) is 69.0 Å². The standard InChI is InChI=1S/3C17H18O7P2/c3*1-3-14(4-2)22-26(20,23-16-9-5-7-13(18)11-16)24-17-10-6-8-15(12-17)21-25-19/h3*3,5-12,18H,4H2,1-2H3. The van der Waals surface area contributed by atoms with Crippen LogP contribution in [-0.4, -0.2) is 15.3 Å². The fourth-order valence-corrected chi connectivity index (χ4v) is 10.6. The van der Waals surface area contributed by atoms with Crippen LogP contribution in [0.5, 0.6) is 69.0 Å². The third-order valence-corrected chi connectivity index (χ3v) is 14.1. The Morgan fingerprint density at radius 3 is 0.769 bits per heavy atom. The lowest BCUT2D eigenvalue weighted by atomic mass is 10.3. The Morgan fingerprint density at radius 2 is 0.577 bits per heavy atom. The molecule has 0 bridgehead atoms. The molecule has 6 aromatic rings. The fourth-order valence-electron chi connectivity index (χ4n) is 5.85. The van der Waals surface area contributed by atoms with Gasteiger partial charge in [0, 0.05) is 55.7 Å². The summed E-state index contributed by atoms with van der Waals surface area (Å²) in [5.41, 5.74) is 0. The van der Waals surface area contributed by atoms with Crippen molar-refractivity contribution in [1.29, 1.82) is 0 Å². The quantitative estimate of drug-likeness (QED) is 0.0319. The number of benzene rings is 6. The minimum atomic E-state index is -4.13. The van der Waals surface area contributed by atoms with Gasteiger partial charge in [-0.3, -0.25) is 0 Å². The molecule has 0 spiro atoms. The topological polar surface area (TPSA) is 274 Å². The third-order valence-electron chi connectivity index (χ3n) is 9.30. The largest absolute Gasteiger partial charge is 0.646 e. The Labute approximate surface area is 455 Å². The van der Waals surface area contributed by atoms with E-state index in [4.69, 9.17) is 54.3 Å². The molecule has 0 heterocycles. The Bertz CT molecular complexity index is 2840. The van der Waals surface area contributed by atoms with E-state index in [1.807, 2.05) is 20.8 Å². The summed E-state index contributed by atoms with van der Waals surface area (Å²) in [6.45, 7) is 10.7. The number of phosphoric acid groups is 3. The molecule has 3 N–H and O–H groups in total. The van der Waals surface area contributed by atoms with Gasteiger partial charge in [-0.25, -0.2) is 13.7 Å². The smallest absolute Gasteiger partial charge is 0.508 e. The molecule has 0 radical (unpaired) electrons. The molecule has 21 nitrogen and oxygen atoms in total. The molecular weight excluding hydrogens is 1130 g/mol. The van der Waals surface area contributed by atoms with Gasteiger partial charge in [0.1, 0.15) is 86.3 Å². The number of phenols is 3. The average Bonchev–Trinajstić information content (AvgIpc) is 3.40. The highest BCUT2D eigenvalue weighted by atomic mass is 31.2. The normalized spacial score (nSPS) is 13.7. The fraction of sp³-hybridized carbons (Fsp3) is 0.176. The van der Waals surface area contributed by atoms with Crippen LogP contribution in [0.25, 0.3) is 0 Å². The Kier molecular flexibility index (Phi) is 26.1. The first-order chi connectivity index (χ1) is 37.4. The van der Waals surface area contributed by atoms with Crippen LogP contribution in [0.4, 0.5) is 0 Å². The molecule has 414 valence electrons. The average molecular weight is 1190 g/mol. The number of rotatable bonds is 27. The van der Waals surface area contributed by atoms with E-state index >= 15 is 0 Å². The Hall–Kier alpha value is -7.47. The zero-order valence-corrected chi connectivity index (χ0v) is 47.9. The van der Waals surface area contributed by atoms with Crippen LogP contribution < -0.4 is 40.7 Å². The zero-order valence-electron chi connectivity index (χ0n) is 42.6. The van der Waals surface area contributed by atoms with Gasteiger partial charge < -0.3 is 69.6 Å². The second kappa shape index (κ2) is 32.3. The van der Waals surface area contributed by atoms with E-state index in [1.54, 1.807) is 75.4 Å². The van der Waals surface area contributed by atoms with Crippen molar-refractivity contribution in [3.05, 3.63) is 181 Å². The van der Waals surface area contributed by atoms with Crippen molar-refractivity contribution in [2.75, 3.05) is 0 Å². The lowest BCUT2D eigenvalue weighted by molar-refractivity contribution is 0.249. The molecule has 78 heavy (non-hydrogen) atoms. The number of phosphoric ester groups is 3. The SMILES string of the molecule is CC=C(CC)OP(=O)(Oc1cccc(O)c1)Oc1cccc(OP=O)c1.CC=C(CC)OP(=O)(Oc1cccc(O)c1)Oc1cccc(OP=O)c1.CC=C(CC)OP(=O)(Oc1cccc(O)c1)Oc1cccc(OP=O)c1. The first kappa shape index (κ1) is 63.1. The summed E-state index contributed by atoms with van der Waals surface area (Å²) in [7, 11) is -14.0.